The van der Waals surface area contributed by atoms with Gasteiger partial charge in [-0.05, 0) is 6.42 Å². The first-order chi connectivity index (χ1) is 8.07. The van der Waals surface area contributed by atoms with Crippen LogP contribution in [-0.2, 0) is 19.4 Å². The fourth-order valence-corrected chi connectivity index (χ4v) is 3.85. The molecule has 2 aliphatic rings. The van der Waals surface area contributed by atoms with E-state index in [0.717, 1.165) is 13.1 Å². The van der Waals surface area contributed by atoms with Crippen LogP contribution in [0, 0.1) is 5.92 Å². The van der Waals surface area contributed by atoms with Crippen LogP contribution in [-0.4, -0.2) is 58.2 Å². The third-order valence-electron chi connectivity index (χ3n) is 3.11. The molecular weight excluding hydrogens is 244 g/mol. The van der Waals surface area contributed by atoms with Gasteiger partial charge in [0.1, 0.15) is 0 Å². The summed E-state index contributed by atoms with van der Waals surface area (Å²) in [6, 6.07) is 0. The Morgan fingerprint density at radius 3 is 2.88 bits per heavy atom. The van der Waals surface area contributed by atoms with Crippen molar-refractivity contribution < 1.29 is 17.9 Å². The van der Waals surface area contributed by atoms with Gasteiger partial charge in [0.05, 0.1) is 30.1 Å². The van der Waals surface area contributed by atoms with Crippen LogP contribution in [0.4, 0.5) is 0 Å². The summed E-state index contributed by atoms with van der Waals surface area (Å²) in [6.07, 6.45) is 0.434. The molecule has 6 nitrogen and oxygen atoms in total. The monoisotopic (exact) mass is 262 g/mol. The van der Waals surface area contributed by atoms with Gasteiger partial charge >= 0.3 is 0 Å². The third-order valence-corrected chi connectivity index (χ3v) is 4.88. The molecule has 0 aromatic rings. The number of amides is 1. The number of carbonyl (C=O) groups is 1. The number of carbonyl (C=O) groups excluding carboxylic acids is 1. The summed E-state index contributed by atoms with van der Waals surface area (Å²) >= 11 is 0. The van der Waals surface area contributed by atoms with Crippen LogP contribution in [0.1, 0.15) is 6.42 Å². The van der Waals surface area contributed by atoms with Crippen molar-refractivity contribution in [1.82, 2.24) is 10.6 Å². The Hall–Kier alpha value is -0.660. The molecule has 2 saturated heterocycles. The van der Waals surface area contributed by atoms with Crippen molar-refractivity contribution in [3.05, 3.63) is 0 Å². The van der Waals surface area contributed by atoms with E-state index in [0.29, 0.717) is 19.6 Å². The highest BCUT2D eigenvalue weighted by Gasteiger charge is 2.33. The van der Waals surface area contributed by atoms with E-state index in [1.165, 1.54) is 0 Å². The number of sulfone groups is 1. The molecule has 2 rings (SSSR count). The van der Waals surface area contributed by atoms with E-state index in [9.17, 15) is 13.2 Å². The highest BCUT2D eigenvalue weighted by molar-refractivity contribution is 7.91. The van der Waals surface area contributed by atoms with Gasteiger partial charge < -0.3 is 15.4 Å². The summed E-state index contributed by atoms with van der Waals surface area (Å²) in [5.74, 6) is -0.424. The Balaban J connectivity index is 1.74. The van der Waals surface area contributed by atoms with Crippen LogP contribution in [0.15, 0.2) is 0 Å². The van der Waals surface area contributed by atoms with E-state index >= 15 is 0 Å². The summed E-state index contributed by atoms with van der Waals surface area (Å²) in [5, 5.41) is 5.93. The largest absolute Gasteiger partial charge is 0.374 e. The van der Waals surface area contributed by atoms with E-state index in [1.54, 1.807) is 0 Å². The van der Waals surface area contributed by atoms with Gasteiger partial charge in [0.2, 0.25) is 5.91 Å². The summed E-state index contributed by atoms with van der Waals surface area (Å²) in [6.45, 7) is 2.66. The molecule has 7 heteroatoms. The highest BCUT2D eigenvalue weighted by atomic mass is 32.2. The minimum absolute atomic E-state index is 0.00860. The van der Waals surface area contributed by atoms with Crippen molar-refractivity contribution in [1.29, 1.82) is 0 Å². The molecule has 2 aliphatic heterocycles. The molecule has 0 aromatic heterocycles. The van der Waals surface area contributed by atoms with Crippen molar-refractivity contribution in [3.8, 4) is 0 Å². The second-order valence-corrected chi connectivity index (χ2v) is 6.77. The lowest BCUT2D eigenvalue weighted by molar-refractivity contribution is -0.125. The van der Waals surface area contributed by atoms with Crippen molar-refractivity contribution in [2.45, 2.75) is 12.5 Å². The minimum atomic E-state index is -2.99. The zero-order valence-electron chi connectivity index (χ0n) is 9.65. The normalized spacial score (nSPS) is 32.2. The summed E-state index contributed by atoms with van der Waals surface area (Å²) in [7, 11) is -2.99. The Morgan fingerprint density at radius 2 is 2.29 bits per heavy atom. The van der Waals surface area contributed by atoms with E-state index < -0.39 is 9.84 Å². The van der Waals surface area contributed by atoms with Crippen LogP contribution in [0.3, 0.4) is 0 Å². The fraction of sp³-hybridized carbons (Fsp3) is 0.900. The van der Waals surface area contributed by atoms with Crippen molar-refractivity contribution >= 4 is 15.7 Å². The molecule has 0 bridgehead atoms. The average molecular weight is 262 g/mol. The number of hydrogen-bond donors (Lipinski definition) is 2. The molecule has 0 spiro atoms. The number of nitrogens with one attached hydrogen (secondary N) is 2. The first-order valence-corrected chi connectivity index (χ1v) is 7.69. The van der Waals surface area contributed by atoms with Gasteiger partial charge in [-0.3, -0.25) is 4.79 Å². The second-order valence-electron chi connectivity index (χ2n) is 4.54. The highest BCUT2D eigenvalue weighted by Crippen LogP contribution is 2.18. The van der Waals surface area contributed by atoms with Gasteiger partial charge in [0, 0.05) is 19.6 Å². The summed E-state index contributed by atoms with van der Waals surface area (Å²) in [4.78, 5) is 11.7. The molecule has 2 atom stereocenters. The maximum absolute atomic E-state index is 11.7. The molecule has 2 fully saturated rings. The molecule has 17 heavy (non-hydrogen) atoms. The van der Waals surface area contributed by atoms with Crippen LogP contribution >= 0.6 is 0 Å². The predicted molar refractivity (Wildman–Crippen MR) is 62.4 cm³/mol. The smallest absolute Gasteiger partial charge is 0.224 e. The molecule has 0 aromatic carbocycles. The SMILES string of the molecule is O=C(NCC1CNCCO1)C1CCS(=O)(=O)C1. The minimum Gasteiger partial charge on any atom is -0.374 e. The second kappa shape index (κ2) is 5.32. The maximum atomic E-state index is 11.7. The Bertz CT molecular complexity index is 376. The van der Waals surface area contributed by atoms with Crippen LogP contribution in [0.25, 0.3) is 0 Å². The van der Waals surface area contributed by atoms with Gasteiger partial charge in [-0.25, -0.2) is 8.42 Å². The zero-order chi connectivity index (χ0) is 12.3. The fourth-order valence-electron chi connectivity index (χ4n) is 2.11. The lowest BCUT2D eigenvalue weighted by Gasteiger charge is -2.24. The average Bonchev–Trinajstić information content (AvgIpc) is 2.68. The van der Waals surface area contributed by atoms with Gasteiger partial charge in [0.25, 0.3) is 0 Å². The molecule has 0 saturated carbocycles. The van der Waals surface area contributed by atoms with E-state index in [4.69, 9.17) is 4.74 Å². The number of rotatable bonds is 3. The van der Waals surface area contributed by atoms with Gasteiger partial charge in [-0.2, -0.15) is 0 Å². The maximum Gasteiger partial charge on any atom is 0.224 e. The Labute approximate surface area is 101 Å². The molecular formula is C10H18N2O4S. The first-order valence-electron chi connectivity index (χ1n) is 5.87. The number of morpholine rings is 1. The van der Waals surface area contributed by atoms with Gasteiger partial charge in [-0.15, -0.1) is 0 Å². The molecule has 0 aliphatic carbocycles. The van der Waals surface area contributed by atoms with Gasteiger partial charge in [0.15, 0.2) is 9.84 Å². The first kappa shape index (κ1) is 12.8. The lowest BCUT2D eigenvalue weighted by atomic mass is 10.1. The molecule has 2 N–H and O–H groups in total. The lowest BCUT2D eigenvalue weighted by Crippen LogP contribution is -2.46. The molecule has 2 heterocycles. The quantitative estimate of drug-likeness (QED) is 0.648. The number of ether oxygens (including phenoxy) is 1. The van der Waals surface area contributed by atoms with Crippen LogP contribution in [0.2, 0.25) is 0 Å². The topological polar surface area (TPSA) is 84.5 Å². The molecule has 0 radical (unpaired) electrons. The summed E-state index contributed by atoms with van der Waals surface area (Å²) < 4.78 is 27.9. The predicted octanol–water partition coefficient (Wildman–Crippen LogP) is -1.47. The Kier molecular flexibility index (Phi) is 4.01. The Morgan fingerprint density at radius 1 is 1.47 bits per heavy atom. The molecule has 1 amide bonds. The van der Waals surface area contributed by atoms with Crippen molar-refractivity contribution in [2.24, 2.45) is 5.92 Å². The van der Waals surface area contributed by atoms with Gasteiger partial charge in [-0.1, -0.05) is 0 Å². The third kappa shape index (κ3) is 3.65. The standard InChI is InChI=1S/C10H18N2O4S/c13-10(8-1-4-17(14,15)7-8)12-6-9-5-11-2-3-16-9/h8-9,11H,1-7H2,(H,12,13). The zero-order valence-corrected chi connectivity index (χ0v) is 10.5. The van der Waals surface area contributed by atoms with E-state index in [1.807, 2.05) is 0 Å². The van der Waals surface area contributed by atoms with Crippen LogP contribution in [0.5, 0.6) is 0 Å². The molecule has 2 unspecified atom stereocenters. The van der Waals surface area contributed by atoms with Crippen molar-refractivity contribution in [2.75, 3.05) is 37.7 Å². The van der Waals surface area contributed by atoms with E-state index in [2.05, 4.69) is 10.6 Å². The van der Waals surface area contributed by atoms with E-state index in [-0.39, 0.29) is 29.4 Å². The molecule has 98 valence electrons. The summed E-state index contributed by atoms with van der Waals surface area (Å²) in [5.41, 5.74) is 0. The van der Waals surface area contributed by atoms with Crippen LogP contribution < -0.4 is 10.6 Å². The number of hydrogen-bond acceptors (Lipinski definition) is 5. The van der Waals surface area contributed by atoms with Crippen molar-refractivity contribution in [3.63, 3.8) is 0 Å².